The van der Waals surface area contributed by atoms with Gasteiger partial charge in [-0.2, -0.15) is 0 Å². The molecular weight excluding hydrogens is 278 g/mol. The minimum atomic E-state index is -0.262. The number of hydrogen-bond acceptors (Lipinski definition) is 3. The number of methoxy groups -OCH3 is 1. The van der Waals surface area contributed by atoms with Crippen LogP contribution in [0.2, 0.25) is 0 Å². The zero-order valence-corrected chi connectivity index (χ0v) is 13.3. The Morgan fingerprint density at radius 1 is 1.14 bits per heavy atom. The summed E-state index contributed by atoms with van der Waals surface area (Å²) < 4.78 is 6.70. The standard InChI is InChI=1S/C18H21NO3/c1-4-14-5-7-15(8-6-14)17-10-9-16(13(2)20)18(21)19(17)11-12-22-3/h5-10H,4,11-12H2,1-3H3. The number of Topliss-reactive ketones (excluding diaryl/α,β-unsaturated/α-hetero) is 1. The third kappa shape index (κ3) is 3.34. The van der Waals surface area contributed by atoms with Gasteiger partial charge in [0.2, 0.25) is 0 Å². The fourth-order valence-corrected chi connectivity index (χ4v) is 2.41. The normalized spacial score (nSPS) is 10.7. The van der Waals surface area contributed by atoms with Crippen LogP contribution in [0, 0.1) is 0 Å². The number of carbonyl (C=O) groups is 1. The third-order valence-electron chi connectivity index (χ3n) is 3.73. The van der Waals surface area contributed by atoms with Crippen LogP contribution in [0.4, 0.5) is 0 Å². The average molecular weight is 299 g/mol. The molecular formula is C18H21NO3. The van der Waals surface area contributed by atoms with E-state index < -0.39 is 0 Å². The Kier molecular flexibility index (Phi) is 5.28. The maximum atomic E-state index is 12.5. The Morgan fingerprint density at radius 3 is 2.36 bits per heavy atom. The molecule has 0 bridgehead atoms. The summed E-state index contributed by atoms with van der Waals surface area (Å²) in [5.41, 5.74) is 2.96. The maximum absolute atomic E-state index is 12.5. The van der Waals surface area contributed by atoms with Crippen molar-refractivity contribution < 1.29 is 9.53 Å². The number of rotatable bonds is 6. The van der Waals surface area contributed by atoms with E-state index in [9.17, 15) is 9.59 Å². The monoisotopic (exact) mass is 299 g/mol. The molecule has 0 spiro atoms. The molecule has 2 rings (SSSR count). The van der Waals surface area contributed by atoms with Crippen LogP contribution in [0.3, 0.4) is 0 Å². The number of carbonyl (C=O) groups excluding carboxylic acids is 1. The summed E-state index contributed by atoms with van der Waals surface area (Å²) in [6, 6.07) is 11.6. The minimum absolute atomic E-state index is 0.213. The first-order valence-electron chi connectivity index (χ1n) is 7.41. The number of pyridine rings is 1. The number of aryl methyl sites for hydroxylation is 1. The van der Waals surface area contributed by atoms with Crippen LogP contribution in [0.15, 0.2) is 41.2 Å². The first kappa shape index (κ1) is 16.2. The number of ether oxygens (including phenoxy) is 1. The van der Waals surface area contributed by atoms with E-state index in [1.807, 2.05) is 18.2 Å². The molecule has 0 atom stereocenters. The van der Waals surface area contributed by atoms with Gasteiger partial charge in [0.15, 0.2) is 5.78 Å². The summed E-state index contributed by atoms with van der Waals surface area (Å²) in [6.07, 6.45) is 0.972. The molecule has 0 aliphatic heterocycles. The van der Waals surface area contributed by atoms with Gasteiger partial charge in [0.25, 0.3) is 5.56 Å². The molecule has 1 aromatic heterocycles. The van der Waals surface area contributed by atoms with Crippen molar-refractivity contribution in [3.63, 3.8) is 0 Å². The van der Waals surface area contributed by atoms with Crippen molar-refractivity contribution in [2.24, 2.45) is 0 Å². The van der Waals surface area contributed by atoms with E-state index >= 15 is 0 Å². The van der Waals surface area contributed by atoms with Crippen LogP contribution in [-0.4, -0.2) is 24.1 Å². The Labute approximate surface area is 130 Å². The molecule has 0 aliphatic carbocycles. The van der Waals surface area contributed by atoms with Gasteiger partial charge < -0.3 is 9.30 Å². The molecule has 2 aromatic rings. The van der Waals surface area contributed by atoms with Crippen LogP contribution in [-0.2, 0) is 17.7 Å². The number of benzene rings is 1. The summed E-state index contributed by atoms with van der Waals surface area (Å²) in [5.74, 6) is -0.218. The predicted octanol–water partition coefficient (Wildman–Crippen LogP) is 2.93. The second kappa shape index (κ2) is 7.18. The largest absolute Gasteiger partial charge is 0.383 e. The van der Waals surface area contributed by atoms with Gasteiger partial charge in [-0.05, 0) is 36.6 Å². The van der Waals surface area contributed by atoms with Gasteiger partial charge in [0.05, 0.1) is 17.9 Å². The average Bonchev–Trinajstić information content (AvgIpc) is 2.53. The second-order valence-electron chi connectivity index (χ2n) is 5.19. The Hall–Kier alpha value is -2.20. The van der Waals surface area contributed by atoms with Crippen molar-refractivity contribution in [1.82, 2.24) is 4.57 Å². The molecule has 0 radical (unpaired) electrons. The first-order chi connectivity index (χ1) is 10.6. The highest BCUT2D eigenvalue weighted by Gasteiger charge is 2.13. The van der Waals surface area contributed by atoms with Gasteiger partial charge in [0, 0.05) is 13.7 Å². The summed E-state index contributed by atoms with van der Waals surface area (Å²) in [5, 5.41) is 0. The van der Waals surface area contributed by atoms with Gasteiger partial charge in [-0.1, -0.05) is 31.2 Å². The summed E-state index contributed by atoms with van der Waals surface area (Å²) in [4.78, 5) is 24.1. The van der Waals surface area contributed by atoms with Crippen molar-refractivity contribution in [3.05, 3.63) is 57.9 Å². The molecule has 0 unspecified atom stereocenters. The molecule has 1 heterocycles. The highest BCUT2D eigenvalue weighted by molar-refractivity contribution is 5.94. The molecule has 4 heteroatoms. The predicted molar refractivity (Wildman–Crippen MR) is 87.4 cm³/mol. The van der Waals surface area contributed by atoms with Crippen LogP contribution >= 0.6 is 0 Å². The SMILES string of the molecule is CCc1ccc(-c2ccc(C(C)=O)c(=O)n2CCOC)cc1. The zero-order valence-electron chi connectivity index (χ0n) is 13.3. The summed E-state index contributed by atoms with van der Waals surface area (Å²) in [7, 11) is 1.59. The molecule has 0 fully saturated rings. The van der Waals surface area contributed by atoms with E-state index in [0.29, 0.717) is 13.2 Å². The molecule has 0 saturated heterocycles. The lowest BCUT2D eigenvalue weighted by atomic mass is 10.1. The molecule has 22 heavy (non-hydrogen) atoms. The first-order valence-corrected chi connectivity index (χ1v) is 7.41. The lowest BCUT2D eigenvalue weighted by Gasteiger charge is -2.14. The lowest BCUT2D eigenvalue weighted by Crippen LogP contribution is -2.28. The van der Waals surface area contributed by atoms with E-state index in [1.165, 1.54) is 12.5 Å². The van der Waals surface area contributed by atoms with E-state index in [4.69, 9.17) is 4.74 Å². The second-order valence-corrected chi connectivity index (χ2v) is 5.19. The van der Waals surface area contributed by atoms with Crippen LogP contribution in [0.1, 0.15) is 29.8 Å². The van der Waals surface area contributed by atoms with Crippen molar-refractivity contribution >= 4 is 5.78 Å². The molecule has 4 nitrogen and oxygen atoms in total. The fourth-order valence-electron chi connectivity index (χ4n) is 2.41. The zero-order chi connectivity index (χ0) is 16.1. The van der Waals surface area contributed by atoms with Gasteiger partial charge in [0.1, 0.15) is 0 Å². The Balaban J connectivity index is 2.55. The van der Waals surface area contributed by atoms with Gasteiger partial charge in [-0.15, -0.1) is 0 Å². The summed E-state index contributed by atoms with van der Waals surface area (Å²) in [6.45, 7) is 4.35. The topological polar surface area (TPSA) is 48.3 Å². The van der Waals surface area contributed by atoms with Crippen LogP contribution < -0.4 is 5.56 Å². The van der Waals surface area contributed by atoms with Gasteiger partial charge in [-0.25, -0.2) is 0 Å². The van der Waals surface area contributed by atoms with Crippen molar-refractivity contribution in [2.45, 2.75) is 26.8 Å². The Morgan fingerprint density at radius 2 is 1.82 bits per heavy atom. The Bertz CT molecular complexity index is 714. The number of nitrogens with zero attached hydrogens (tertiary/aromatic N) is 1. The number of aromatic nitrogens is 1. The fraction of sp³-hybridized carbons (Fsp3) is 0.333. The smallest absolute Gasteiger partial charge is 0.261 e. The van der Waals surface area contributed by atoms with E-state index in [-0.39, 0.29) is 16.9 Å². The number of hydrogen-bond donors (Lipinski definition) is 0. The molecule has 0 saturated carbocycles. The molecule has 1 aromatic carbocycles. The maximum Gasteiger partial charge on any atom is 0.261 e. The van der Waals surface area contributed by atoms with Crippen LogP contribution in [0.5, 0.6) is 0 Å². The van der Waals surface area contributed by atoms with Crippen LogP contribution in [0.25, 0.3) is 11.3 Å². The molecule has 0 aliphatic rings. The third-order valence-corrected chi connectivity index (χ3v) is 3.73. The minimum Gasteiger partial charge on any atom is -0.383 e. The molecule has 0 amide bonds. The highest BCUT2D eigenvalue weighted by atomic mass is 16.5. The summed E-state index contributed by atoms with van der Waals surface area (Å²) >= 11 is 0. The molecule has 0 N–H and O–H groups in total. The highest BCUT2D eigenvalue weighted by Crippen LogP contribution is 2.19. The van der Waals surface area contributed by atoms with E-state index in [2.05, 4.69) is 19.1 Å². The molecule has 116 valence electrons. The van der Waals surface area contributed by atoms with Crippen molar-refractivity contribution in [3.8, 4) is 11.3 Å². The number of ketones is 1. The van der Waals surface area contributed by atoms with E-state index in [0.717, 1.165) is 17.7 Å². The van der Waals surface area contributed by atoms with Crippen molar-refractivity contribution in [1.29, 1.82) is 0 Å². The van der Waals surface area contributed by atoms with E-state index in [1.54, 1.807) is 17.7 Å². The lowest BCUT2D eigenvalue weighted by molar-refractivity contribution is 0.101. The van der Waals surface area contributed by atoms with Crippen molar-refractivity contribution in [2.75, 3.05) is 13.7 Å². The quantitative estimate of drug-likeness (QED) is 0.771. The van der Waals surface area contributed by atoms with Gasteiger partial charge >= 0.3 is 0 Å². The van der Waals surface area contributed by atoms with Gasteiger partial charge in [-0.3, -0.25) is 9.59 Å².